The summed E-state index contributed by atoms with van der Waals surface area (Å²) in [6.07, 6.45) is 12.9. The van der Waals surface area contributed by atoms with Crippen LogP contribution in [0.2, 0.25) is 0 Å². The molecule has 0 unspecified atom stereocenters. The SMILES string of the molecule is C1=CN(c2ccccc2)c2ccc3c(c2=C1)=CC=CN3c1ccccc1. The van der Waals surface area contributed by atoms with E-state index in [0.29, 0.717) is 0 Å². The zero-order valence-corrected chi connectivity index (χ0v) is 14.3. The first-order valence-corrected chi connectivity index (χ1v) is 8.80. The van der Waals surface area contributed by atoms with Crippen LogP contribution >= 0.6 is 0 Å². The van der Waals surface area contributed by atoms with Crippen LogP contribution in [0.1, 0.15) is 0 Å². The molecule has 0 atom stereocenters. The van der Waals surface area contributed by atoms with Gasteiger partial charge in [-0.2, -0.15) is 0 Å². The van der Waals surface area contributed by atoms with Crippen molar-refractivity contribution in [1.29, 1.82) is 0 Å². The van der Waals surface area contributed by atoms with E-state index >= 15 is 0 Å². The van der Waals surface area contributed by atoms with E-state index < -0.39 is 0 Å². The van der Waals surface area contributed by atoms with E-state index in [1.165, 1.54) is 33.2 Å². The summed E-state index contributed by atoms with van der Waals surface area (Å²) in [5.74, 6) is 0. The molecule has 0 aromatic heterocycles. The Morgan fingerprint density at radius 2 is 0.885 bits per heavy atom. The van der Waals surface area contributed by atoms with E-state index in [2.05, 4.69) is 107 Å². The van der Waals surface area contributed by atoms with Gasteiger partial charge in [0.2, 0.25) is 0 Å². The van der Waals surface area contributed by atoms with Crippen LogP contribution < -0.4 is 20.2 Å². The van der Waals surface area contributed by atoms with Gasteiger partial charge in [0, 0.05) is 34.2 Å². The topological polar surface area (TPSA) is 6.48 Å². The molecule has 2 nitrogen and oxygen atoms in total. The van der Waals surface area contributed by atoms with E-state index in [4.69, 9.17) is 0 Å². The molecular weight excluding hydrogens is 316 g/mol. The Morgan fingerprint density at radius 3 is 1.31 bits per heavy atom. The van der Waals surface area contributed by atoms with E-state index in [1.807, 2.05) is 12.1 Å². The smallest absolute Gasteiger partial charge is 0.0535 e. The summed E-state index contributed by atoms with van der Waals surface area (Å²) in [4.78, 5) is 4.49. The molecule has 0 fully saturated rings. The lowest BCUT2D eigenvalue weighted by Gasteiger charge is -2.28. The van der Waals surface area contributed by atoms with Crippen molar-refractivity contribution in [1.82, 2.24) is 0 Å². The van der Waals surface area contributed by atoms with E-state index in [0.717, 1.165) is 0 Å². The van der Waals surface area contributed by atoms with Gasteiger partial charge in [0.15, 0.2) is 0 Å². The first-order valence-electron chi connectivity index (χ1n) is 8.80. The van der Waals surface area contributed by atoms with Gasteiger partial charge in [-0.15, -0.1) is 0 Å². The van der Waals surface area contributed by atoms with Gasteiger partial charge in [0.05, 0.1) is 11.4 Å². The number of fused-ring (bicyclic) bond motifs is 3. The first kappa shape index (κ1) is 14.8. The summed E-state index contributed by atoms with van der Waals surface area (Å²) in [6.45, 7) is 0. The van der Waals surface area contributed by atoms with Gasteiger partial charge in [-0.3, -0.25) is 0 Å². The number of anilines is 4. The van der Waals surface area contributed by atoms with Crippen LogP contribution in [0.3, 0.4) is 0 Å². The van der Waals surface area contributed by atoms with Crippen molar-refractivity contribution in [3.63, 3.8) is 0 Å². The Morgan fingerprint density at radius 1 is 0.462 bits per heavy atom. The fourth-order valence-electron chi connectivity index (χ4n) is 3.62. The van der Waals surface area contributed by atoms with E-state index in [-0.39, 0.29) is 0 Å². The minimum absolute atomic E-state index is 1.17. The normalized spacial score (nSPS) is 14.3. The molecule has 0 saturated carbocycles. The highest BCUT2D eigenvalue weighted by molar-refractivity contribution is 5.79. The number of hydrogen-bond acceptors (Lipinski definition) is 2. The number of nitrogens with zero attached hydrogens (tertiary/aromatic N) is 2. The minimum atomic E-state index is 1.17. The number of para-hydroxylation sites is 2. The molecule has 124 valence electrons. The molecule has 0 aliphatic carbocycles. The second-order valence-corrected chi connectivity index (χ2v) is 6.36. The van der Waals surface area contributed by atoms with Crippen molar-refractivity contribution in [2.45, 2.75) is 0 Å². The van der Waals surface area contributed by atoms with Gasteiger partial charge in [0.1, 0.15) is 0 Å². The van der Waals surface area contributed by atoms with Gasteiger partial charge in [-0.25, -0.2) is 0 Å². The van der Waals surface area contributed by atoms with Crippen LogP contribution in [-0.4, -0.2) is 0 Å². The van der Waals surface area contributed by atoms with Crippen molar-refractivity contribution in [2.24, 2.45) is 0 Å². The van der Waals surface area contributed by atoms with Crippen LogP contribution in [0, 0.1) is 0 Å². The fraction of sp³-hybridized carbons (Fsp3) is 0. The molecule has 0 N–H and O–H groups in total. The fourth-order valence-corrected chi connectivity index (χ4v) is 3.62. The molecule has 2 heterocycles. The van der Waals surface area contributed by atoms with Crippen LogP contribution in [0.4, 0.5) is 22.7 Å². The molecule has 2 aliphatic heterocycles. The summed E-state index contributed by atoms with van der Waals surface area (Å²) < 4.78 is 0. The molecule has 0 spiro atoms. The monoisotopic (exact) mass is 334 g/mol. The van der Waals surface area contributed by atoms with E-state index in [9.17, 15) is 0 Å². The molecule has 3 aromatic rings. The van der Waals surface area contributed by atoms with Crippen molar-refractivity contribution in [3.8, 4) is 0 Å². The van der Waals surface area contributed by atoms with E-state index in [1.54, 1.807) is 0 Å². The van der Waals surface area contributed by atoms with Crippen molar-refractivity contribution in [3.05, 3.63) is 108 Å². The molecule has 0 radical (unpaired) electrons. The van der Waals surface area contributed by atoms with Crippen molar-refractivity contribution in [2.75, 3.05) is 9.80 Å². The molecule has 2 aliphatic rings. The van der Waals surface area contributed by atoms with Crippen molar-refractivity contribution >= 4 is 34.9 Å². The minimum Gasteiger partial charge on any atom is -0.317 e. The van der Waals surface area contributed by atoms with Crippen LogP contribution in [-0.2, 0) is 0 Å². The maximum absolute atomic E-state index is 2.24. The maximum Gasteiger partial charge on any atom is 0.0535 e. The average Bonchev–Trinajstić information content (AvgIpc) is 2.74. The molecule has 2 heteroatoms. The summed E-state index contributed by atoms with van der Waals surface area (Å²) >= 11 is 0. The second-order valence-electron chi connectivity index (χ2n) is 6.36. The van der Waals surface area contributed by atoms with Gasteiger partial charge < -0.3 is 9.80 Å². The molecular formula is C24H18N2. The lowest BCUT2D eigenvalue weighted by Crippen LogP contribution is -2.36. The highest BCUT2D eigenvalue weighted by Gasteiger charge is 2.16. The Bertz CT molecular complexity index is 1030. The van der Waals surface area contributed by atoms with Crippen LogP contribution in [0.25, 0.3) is 12.2 Å². The summed E-state index contributed by atoms with van der Waals surface area (Å²) in [5.41, 5.74) is 4.75. The summed E-state index contributed by atoms with van der Waals surface area (Å²) in [5, 5.41) is 2.50. The van der Waals surface area contributed by atoms with Crippen LogP contribution in [0.15, 0.2) is 97.3 Å². The largest absolute Gasteiger partial charge is 0.317 e. The third-order valence-corrected chi connectivity index (χ3v) is 4.83. The standard InChI is InChI=1S/C24H18N2/c1-3-9-19(10-4-1)25-17-7-13-21-22-14-8-18-26(20-11-5-2-6-12-20)24(22)16-15-23(21)25/h1-18H. The van der Waals surface area contributed by atoms with Gasteiger partial charge in [-0.1, -0.05) is 48.6 Å². The number of allylic oxidation sites excluding steroid dienone is 2. The van der Waals surface area contributed by atoms with Crippen LogP contribution in [0.5, 0.6) is 0 Å². The highest BCUT2D eigenvalue weighted by atomic mass is 15.1. The summed E-state index contributed by atoms with van der Waals surface area (Å²) in [6, 6.07) is 25.4. The highest BCUT2D eigenvalue weighted by Crippen LogP contribution is 2.28. The third-order valence-electron chi connectivity index (χ3n) is 4.83. The predicted molar refractivity (Wildman–Crippen MR) is 110 cm³/mol. The lowest BCUT2D eigenvalue weighted by atomic mass is 10.1. The molecule has 0 saturated heterocycles. The lowest BCUT2D eigenvalue weighted by molar-refractivity contribution is 1.20. The average molecular weight is 334 g/mol. The van der Waals surface area contributed by atoms with Crippen molar-refractivity contribution < 1.29 is 0 Å². The molecule has 0 amide bonds. The quantitative estimate of drug-likeness (QED) is 0.677. The first-order chi connectivity index (χ1) is 12.9. The van der Waals surface area contributed by atoms with Gasteiger partial charge in [0.25, 0.3) is 0 Å². The third kappa shape index (κ3) is 2.35. The zero-order valence-electron chi connectivity index (χ0n) is 14.3. The maximum atomic E-state index is 2.24. The molecule has 0 bridgehead atoms. The number of rotatable bonds is 2. The molecule has 5 rings (SSSR count). The predicted octanol–water partition coefficient (Wildman–Crippen LogP) is 4.58. The number of benzene rings is 3. The Hall–Kier alpha value is -3.52. The van der Waals surface area contributed by atoms with Gasteiger partial charge in [-0.05, 0) is 48.6 Å². The molecule has 3 aromatic carbocycles. The Kier molecular flexibility index (Phi) is 3.46. The molecule has 26 heavy (non-hydrogen) atoms. The van der Waals surface area contributed by atoms with Gasteiger partial charge >= 0.3 is 0 Å². The zero-order chi connectivity index (χ0) is 17.3. The number of hydrogen-bond donors (Lipinski definition) is 0. The summed E-state index contributed by atoms with van der Waals surface area (Å²) in [7, 11) is 0. The second kappa shape index (κ2) is 6.08. The Balaban J connectivity index is 1.69. The Labute approximate surface area is 152 Å².